The van der Waals surface area contributed by atoms with Gasteiger partial charge in [0.15, 0.2) is 0 Å². The van der Waals surface area contributed by atoms with E-state index in [0.29, 0.717) is 0 Å². The number of ether oxygens (including phenoxy) is 1. The number of carbonyl (C=O) groups excluding carboxylic acids is 2. The Morgan fingerprint density at radius 2 is 1.43 bits per heavy atom. The van der Waals surface area contributed by atoms with Crippen LogP contribution in [0.15, 0.2) is 72.8 Å². The first-order valence-corrected chi connectivity index (χ1v) is 10.5. The summed E-state index contributed by atoms with van der Waals surface area (Å²) in [4.78, 5) is 35.5. The Morgan fingerprint density at radius 3 is 1.94 bits per heavy atom. The Hall–Kier alpha value is -4.34. The van der Waals surface area contributed by atoms with Gasteiger partial charge in [0.25, 0.3) is 5.91 Å². The maximum absolute atomic E-state index is 13.5. The molecule has 3 aromatic rings. The molecular weight excluding hydrogens is 465 g/mol. The third kappa shape index (κ3) is 5.11. The normalized spacial score (nSPS) is 13.3. The predicted molar refractivity (Wildman–Crippen MR) is 120 cm³/mol. The number of anilines is 1. The predicted octanol–water partition coefficient (Wildman–Crippen LogP) is 4.79. The molecule has 1 aliphatic carbocycles. The van der Waals surface area contributed by atoms with E-state index in [0.717, 1.165) is 46.5 Å². The molecule has 35 heavy (non-hydrogen) atoms. The van der Waals surface area contributed by atoms with E-state index in [1.54, 1.807) is 5.32 Å². The quantitative estimate of drug-likeness (QED) is 0.467. The maximum atomic E-state index is 13.5. The van der Waals surface area contributed by atoms with E-state index >= 15 is 0 Å². The van der Waals surface area contributed by atoms with E-state index in [4.69, 9.17) is 9.84 Å². The molecular formula is C25H19F3N2O5. The van der Waals surface area contributed by atoms with Gasteiger partial charge in [-0.05, 0) is 46.5 Å². The van der Waals surface area contributed by atoms with Gasteiger partial charge in [-0.3, -0.25) is 4.79 Å². The number of rotatable bonds is 6. The summed E-state index contributed by atoms with van der Waals surface area (Å²) in [6.45, 7) is -0.220. The van der Waals surface area contributed by atoms with Crippen LogP contribution in [0.3, 0.4) is 0 Å². The summed E-state index contributed by atoms with van der Waals surface area (Å²) in [5.41, 5.74) is 3.51. The van der Waals surface area contributed by atoms with Crippen molar-refractivity contribution >= 4 is 23.7 Å². The number of carbonyl (C=O) groups is 3. The lowest BCUT2D eigenvalue weighted by atomic mass is 9.98. The Labute approximate surface area is 197 Å². The third-order valence-electron chi connectivity index (χ3n) is 5.59. The van der Waals surface area contributed by atoms with E-state index in [-0.39, 0.29) is 23.8 Å². The van der Waals surface area contributed by atoms with E-state index in [1.807, 2.05) is 53.8 Å². The van der Waals surface area contributed by atoms with Crippen LogP contribution in [0.4, 0.5) is 23.7 Å². The molecule has 1 atom stereocenters. The van der Waals surface area contributed by atoms with Crippen LogP contribution < -0.4 is 10.6 Å². The molecule has 1 unspecified atom stereocenters. The summed E-state index contributed by atoms with van der Waals surface area (Å²) in [5, 5.41) is 12.5. The van der Waals surface area contributed by atoms with Crippen LogP contribution in [0.25, 0.3) is 11.1 Å². The van der Waals surface area contributed by atoms with Crippen LogP contribution >= 0.6 is 0 Å². The Balaban J connectivity index is 1.43. The lowest BCUT2D eigenvalue weighted by Crippen LogP contribution is -2.53. The molecule has 0 fully saturated rings. The van der Waals surface area contributed by atoms with Crippen LogP contribution in [0.1, 0.15) is 27.4 Å². The molecule has 0 radical (unpaired) electrons. The fourth-order valence-electron chi connectivity index (χ4n) is 3.96. The molecule has 0 bridgehead atoms. The minimum absolute atomic E-state index is 0.0661. The van der Waals surface area contributed by atoms with Crippen molar-refractivity contribution in [1.29, 1.82) is 0 Å². The lowest BCUT2D eigenvalue weighted by Gasteiger charge is -2.21. The number of hydrogen-bond donors (Lipinski definition) is 3. The van der Waals surface area contributed by atoms with Crippen molar-refractivity contribution in [3.05, 3.63) is 89.5 Å². The molecule has 3 N–H and O–H groups in total. The maximum Gasteiger partial charge on any atom is 0.417 e. The van der Waals surface area contributed by atoms with Crippen molar-refractivity contribution in [2.75, 3.05) is 11.9 Å². The first-order chi connectivity index (χ1) is 16.6. The molecule has 4 rings (SSSR count). The number of halogens is 3. The monoisotopic (exact) mass is 484 g/mol. The zero-order valence-corrected chi connectivity index (χ0v) is 18.0. The van der Waals surface area contributed by atoms with Gasteiger partial charge < -0.3 is 20.5 Å². The van der Waals surface area contributed by atoms with Crippen molar-refractivity contribution < 1.29 is 37.4 Å². The topological polar surface area (TPSA) is 105 Å². The van der Waals surface area contributed by atoms with Crippen LogP contribution in [0.2, 0.25) is 0 Å². The van der Waals surface area contributed by atoms with Gasteiger partial charge >= 0.3 is 18.2 Å². The van der Waals surface area contributed by atoms with E-state index < -0.39 is 30.2 Å². The Kier molecular flexibility index (Phi) is 6.46. The average molecular weight is 484 g/mol. The molecule has 0 saturated heterocycles. The number of aromatic carboxylic acids is 1. The number of amides is 2. The fraction of sp³-hybridized carbons (Fsp3) is 0.160. The number of carboxylic acid groups (broad SMARTS) is 1. The van der Waals surface area contributed by atoms with E-state index in [2.05, 4.69) is 0 Å². The third-order valence-corrected chi connectivity index (χ3v) is 5.59. The van der Waals surface area contributed by atoms with Crippen molar-refractivity contribution in [2.24, 2.45) is 0 Å². The lowest BCUT2D eigenvalue weighted by molar-refractivity contribution is -0.164. The standard InChI is InChI=1S/C25H19F3N2O5/c26-25(27,28)21(22(31)29-15-11-9-14(10-12-15)23(32)33)30-24(34)35-13-20-18-7-3-1-5-16(18)17-6-2-4-8-19(17)20/h1-12,20-21H,13H2,(H,29,31)(H,30,34)(H,32,33). The fourth-order valence-corrected chi connectivity index (χ4v) is 3.96. The van der Waals surface area contributed by atoms with Gasteiger partial charge in [-0.15, -0.1) is 0 Å². The Bertz CT molecular complexity index is 1230. The summed E-state index contributed by atoms with van der Waals surface area (Å²) >= 11 is 0. The minimum atomic E-state index is -5.10. The smallest absolute Gasteiger partial charge is 0.417 e. The number of carboxylic acids is 1. The largest absolute Gasteiger partial charge is 0.478 e. The molecule has 0 spiro atoms. The van der Waals surface area contributed by atoms with Gasteiger partial charge in [0.05, 0.1) is 5.56 Å². The van der Waals surface area contributed by atoms with Crippen LogP contribution in [0, 0.1) is 0 Å². The van der Waals surface area contributed by atoms with Crippen LogP contribution in [-0.4, -0.2) is 41.9 Å². The van der Waals surface area contributed by atoms with Gasteiger partial charge in [0.2, 0.25) is 6.04 Å². The van der Waals surface area contributed by atoms with E-state index in [9.17, 15) is 27.6 Å². The molecule has 2 amide bonds. The molecule has 1 aliphatic rings. The SMILES string of the molecule is O=C(NC(C(=O)Nc1ccc(C(=O)O)cc1)C(F)(F)F)OCC1c2ccccc2-c2ccccc21. The second-order valence-corrected chi connectivity index (χ2v) is 7.82. The second-order valence-electron chi connectivity index (χ2n) is 7.82. The van der Waals surface area contributed by atoms with Gasteiger partial charge in [0.1, 0.15) is 6.61 Å². The zero-order valence-electron chi connectivity index (χ0n) is 18.0. The highest BCUT2D eigenvalue weighted by Crippen LogP contribution is 2.44. The molecule has 10 heteroatoms. The van der Waals surface area contributed by atoms with Crippen molar-refractivity contribution in [3.8, 4) is 11.1 Å². The average Bonchev–Trinajstić information content (AvgIpc) is 3.14. The highest BCUT2D eigenvalue weighted by Gasteiger charge is 2.46. The van der Waals surface area contributed by atoms with Gasteiger partial charge in [-0.25, -0.2) is 9.59 Å². The van der Waals surface area contributed by atoms with Crippen LogP contribution in [0.5, 0.6) is 0 Å². The summed E-state index contributed by atoms with van der Waals surface area (Å²) < 4.78 is 45.7. The molecule has 180 valence electrons. The summed E-state index contributed by atoms with van der Waals surface area (Å²) in [7, 11) is 0. The molecule has 0 heterocycles. The van der Waals surface area contributed by atoms with Crippen molar-refractivity contribution in [2.45, 2.75) is 18.1 Å². The minimum Gasteiger partial charge on any atom is -0.478 e. The van der Waals surface area contributed by atoms with E-state index in [1.165, 1.54) is 0 Å². The highest BCUT2D eigenvalue weighted by molar-refractivity contribution is 5.97. The molecule has 0 aromatic heterocycles. The molecule has 0 aliphatic heterocycles. The number of nitrogens with one attached hydrogen (secondary N) is 2. The summed E-state index contributed by atoms with van der Waals surface area (Å²) in [6, 6.07) is 16.6. The van der Waals surface area contributed by atoms with Gasteiger partial charge in [-0.1, -0.05) is 48.5 Å². The summed E-state index contributed by atoms with van der Waals surface area (Å²) in [5.74, 6) is -3.14. The number of benzene rings is 3. The first-order valence-electron chi connectivity index (χ1n) is 10.5. The van der Waals surface area contributed by atoms with Gasteiger partial charge in [-0.2, -0.15) is 13.2 Å². The molecule has 3 aromatic carbocycles. The highest BCUT2D eigenvalue weighted by atomic mass is 19.4. The number of hydrogen-bond acceptors (Lipinski definition) is 4. The number of fused-ring (bicyclic) bond motifs is 3. The van der Waals surface area contributed by atoms with Crippen LogP contribution in [-0.2, 0) is 9.53 Å². The molecule has 7 nitrogen and oxygen atoms in total. The molecule has 0 saturated carbocycles. The zero-order chi connectivity index (χ0) is 25.2. The second kappa shape index (κ2) is 9.49. The Morgan fingerprint density at radius 1 is 0.886 bits per heavy atom. The van der Waals surface area contributed by atoms with Crippen molar-refractivity contribution in [3.63, 3.8) is 0 Å². The van der Waals surface area contributed by atoms with Gasteiger partial charge in [0, 0.05) is 11.6 Å². The first kappa shape index (κ1) is 23.8. The van der Waals surface area contributed by atoms with Crippen molar-refractivity contribution in [1.82, 2.24) is 5.32 Å². The number of alkyl halides is 3. The summed E-state index contributed by atoms with van der Waals surface area (Å²) in [6.07, 6.45) is -6.50. The number of alkyl carbamates (subject to hydrolysis) is 1.